The Morgan fingerprint density at radius 3 is 2.64 bits per heavy atom. The molecule has 1 N–H and O–H groups in total. The summed E-state index contributed by atoms with van der Waals surface area (Å²) in [6, 6.07) is 10.7. The second-order valence-corrected chi connectivity index (χ2v) is 5.59. The predicted octanol–water partition coefficient (Wildman–Crippen LogP) is 4.29. The Morgan fingerprint density at radius 1 is 1.18 bits per heavy atom. The molecule has 0 spiro atoms. The first-order valence-electron chi connectivity index (χ1n) is 7.09. The molecule has 2 rings (SSSR count). The number of halogens is 2. The minimum atomic E-state index is -0.194. The van der Waals surface area contributed by atoms with E-state index in [2.05, 4.69) is 21.2 Å². The lowest BCUT2D eigenvalue weighted by molar-refractivity contribution is 0.308. The van der Waals surface area contributed by atoms with E-state index < -0.39 is 0 Å². The lowest BCUT2D eigenvalue weighted by Gasteiger charge is -2.14. The fraction of sp³-hybridized carbons (Fsp3) is 0.294. The highest BCUT2D eigenvalue weighted by molar-refractivity contribution is 9.10. The van der Waals surface area contributed by atoms with E-state index in [0.29, 0.717) is 36.8 Å². The van der Waals surface area contributed by atoms with E-state index in [9.17, 15) is 4.39 Å². The van der Waals surface area contributed by atoms with Crippen LogP contribution in [0.25, 0.3) is 0 Å². The van der Waals surface area contributed by atoms with Crippen LogP contribution < -0.4 is 14.8 Å². The van der Waals surface area contributed by atoms with Crippen molar-refractivity contribution >= 4 is 15.9 Å². The van der Waals surface area contributed by atoms with Crippen molar-refractivity contribution in [3.63, 3.8) is 0 Å². The first-order chi connectivity index (χ1) is 10.7. The fourth-order valence-corrected chi connectivity index (χ4v) is 2.75. The van der Waals surface area contributed by atoms with Crippen molar-refractivity contribution in [2.24, 2.45) is 0 Å². The van der Waals surface area contributed by atoms with Gasteiger partial charge in [-0.15, -0.1) is 0 Å². The van der Waals surface area contributed by atoms with Crippen LogP contribution in [-0.4, -0.2) is 13.7 Å². The van der Waals surface area contributed by atoms with Crippen LogP contribution in [0.3, 0.4) is 0 Å². The minimum Gasteiger partial charge on any atom is -0.493 e. The molecule has 118 valence electrons. The maximum Gasteiger partial charge on any atom is 0.175 e. The van der Waals surface area contributed by atoms with E-state index in [0.717, 1.165) is 10.0 Å². The molecule has 2 aromatic rings. The summed E-state index contributed by atoms with van der Waals surface area (Å²) < 4.78 is 25.3. The van der Waals surface area contributed by atoms with Crippen LogP contribution in [-0.2, 0) is 13.1 Å². The highest BCUT2D eigenvalue weighted by atomic mass is 79.9. The van der Waals surface area contributed by atoms with Crippen molar-refractivity contribution in [2.75, 3.05) is 13.7 Å². The Balaban J connectivity index is 2.04. The van der Waals surface area contributed by atoms with Crippen LogP contribution in [0.5, 0.6) is 11.5 Å². The van der Waals surface area contributed by atoms with Gasteiger partial charge in [-0.2, -0.15) is 0 Å². The van der Waals surface area contributed by atoms with Crippen molar-refractivity contribution in [1.82, 2.24) is 5.32 Å². The zero-order chi connectivity index (χ0) is 15.9. The normalized spacial score (nSPS) is 10.5. The molecular weight excluding hydrogens is 349 g/mol. The van der Waals surface area contributed by atoms with E-state index in [4.69, 9.17) is 9.47 Å². The largest absolute Gasteiger partial charge is 0.493 e. The topological polar surface area (TPSA) is 30.5 Å². The smallest absolute Gasteiger partial charge is 0.175 e. The predicted molar refractivity (Wildman–Crippen MR) is 88.8 cm³/mol. The van der Waals surface area contributed by atoms with Gasteiger partial charge in [-0.25, -0.2) is 4.39 Å². The van der Waals surface area contributed by atoms with Gasteiger partial charge in [0.25, 0.3) is 0 Å². The number of hydrogen-bond donors (Lipinski definition) is 1. The highest BCUT2D eigenvalue weighted by Gasteiger charge is 2.11. The first kappa shape index (κ1) is 16.8. The summed E-state index contributed by atoms with van der Waals surface area (Å²) in [4.78, 5) is 0. The van der Waals surface area contributed by atoms with Gasteiger partial charge in [0, 0.05) is 18.7 Å². The van der Waals surface area contributed by atoms with Crippen molar-refractivity contribution in [2.45, 2.75) is 20.0 Å². The van der Waals surface area contributed by atoms with Crippen molar-refractivity contribution in [1.29, 1.82) is 0 Å². The van der Waals surface area contributed by atoms with Crippen LogP contribution in [0.2, 0.25) is 0 Å². The number of ether oxygens (including phenoxy) is 2. The van der Waals surface area contributed by atoms with E-state index >= 15 is 0 Å². The summed E-state index contributed by atoms with van der Waals surface area (Å²) in [6.07, 6.45) is 0. The highest BCUT2D eigenvalue weighted by Crippen LogP contribution is 2.36. The molecule has 0 heterocycles. The first-order valence-corrected chi connectivity index (χ1v) is 7.88. The van der Waals surface area contributed by atoms with Gasteiger partial charge >= 0.3 is 0 Å². The molecule has 3 nitrogen and oxygen atoms in total. The van der Waals surface area contributed by atoms with Gasteiger partial charge in [0.05, 0.1) is 18.2 Å². The summed E-state index contributed by atoms with van der Waals surface area (Å²) in [6.45, 7) is 3.57. The van der Waals surface area contributed by atoms with Crippen LogP contribution in [0.4, 0.5) is 4.39 Å². The van der Waals surface area contributed by atoms with E-state index in [1.165, 1.54) is 6.07 Å². The Labute approximate surface area is 138 Å². The van der Waals surface area contributed by atoms with Crippen molar-refractivity contribution < 1.29 is 13.9 Å². The second kappa shape index (κ2) is 8.15. The van der Waals surface area contributed by atoms with Gasteiger partial charge in [-0.05, 0) is 46.6 Å². The van der Waals surface area contributed by atoms with Crippen molar-refractivity contribution in [3.8, 4) is 11.5 Å². The fourth-order valence-electron chi connectivity index (χ4n) is 2.14. The van der Waals surface area contributed by atoms with E-state index in [1.54, 1.807) is 19.2 Å². The number of hydrogen-bond acceptors (Lipinski definition) is 3. The van der Waals surface area contributed by atoms with Gasteiger partial charge in [0.2, 0.25) is 0 Å². The molecule has 0 bridgehead atoms. The van der Waals surface area contributed by atoms with Crippen LogP contribution in [0, 0.1) is 5.82 Å². The van der Waals surface area contributed by atoms with Gasteiger partial charge in [-0.3, -0.25) is 0 Å². The number of nitrogens with one attached hydrogen (secondary N) is 1. The van der Waals surface area contributed by atoms with Crippen LogP contribution >= 0.6 is 15.9 Å². The second-order valence-electron chi connectivity index (χ2n) is 4.74. The Kier molecular flexibility index (Phi) is 6.21. The molecule has 0 fully saturated rings. The monoisotopic (exact) mass is 367 g/mol. The zero-order valence-corrected chi connectivity index (χ0v) is 14.2. The Bertz CT molecular complexity index is 634. The SMILES string of the molecule is CCOc1c(Br)cc(CNCc2ccccc2F)cc1OC. The maximum atomic E-state index is 13.6. The third kappa shape index (κ3) is 4.21. The molecular formula is C17H19BrFNO2. The molecule has 0 saturated carbocycles. The minimum absolute atomic E-state index is 0.194. The summed E-state index contributed by atoms with van der Waals surface area (Å²) in [5.74, 6) is 1.18. The van der Waals surface area contributed by atoms with Gasteiger partial charge in [0.15, 0.2) is 11.5 Å². The molecule has 0 aromatic heterocycles. The number of methoxy groups -OCH3 is 1. The van der Waals surface area contributed by atoms with E-state index in [-0.39, 0.29) is 5.82 Å². The number of benzene rings is 2. The summed E-state index contributed by atoms with van der Waals surface area (Å²) in [5, 5.41) is 3.23. The lowest BCUT2D eigenvalue weighted by atomic mass is 10.1. The molecule has 2 aromatic carbocycles. The summed E-state index contributed by atoms with van der Waals surface area (Å²) in [5.41, 5.74) is 1.68. The van der Waals surface area contributed by atoms with Crippen LogP contribution in [0.15, 0.2) is 40.9 Å². The van der Waals surface area contributed by atoms with Gasteiger partial charge < -0.3 is 14.8 Å². The molecule has 22 heavy (non-hydrogen) atoms. The summed E-state index contributed by atoms with van der Waals surface area (Å²) in [7, 11) is 1.61. The van der Waals surface area contributed by atoms with Gasteiger partial charge in [0.1, 0.15) is 5.82 Å². The molecule has 0 aliphatic rings. The molecule has 0 saturated heterocycles. The third-order valence-corrected chi connectivity index (χ3v) is 3.77. The molecule has 0 atom stereocenters. The number of rotatable bonds is 7. The van der Waals surface area contributed by atoms with Crippen molar-refractivity contribution in [3.05, 3.63) is 57.8 Å². The average Bonchev–Trinajstić information content (AvgIpc) is 2.51. The molecule has 5 heteroatoms. The summed E-state index contributed by atoms with van der Waals surface area (Å²) >= 11 is 3.50. The molecule has 0 amide bonds. The van der Waals surface area contributed by atoms with E-state index in [1.807, 2.05) is 25.1 Å². The average molecular weight is 368 g/mol. The standard InChI is InChI=1S/C17H19BrFNO2/c1-3-22-17-14(18)8-12(9-16(17)21-2)10-20-11-13-6-4-5-7-15(13)19/h4-9,20H,3,10-11H2,1-2H3. The molecule has 0 unspecified atom stereocenters. The maximum absolute atomic E-state index is 13.6. The quantitative estimate of drug-likeness (QED) is 0.791. The molecule has 0 aliphatic carbocycles. The molecule has 0 aliphatic heterocycles. The Morgan fingerprint density at radius 2 is 1.95 bits per heavy atom. The molecule has 0 radical (unpaired) electrons. The Hall–Kier alpha value is -1.59. The third-order valence-electron chi connectivity index (χ3n) is 3.18. The zero-order valence-electron chi connectivity index (χ0n) is 12.7. The lowest BCUT2D eigenvalue weighted by Crippen LogP contribution is -2.14. The van der Waals surface area contributed by atoms with Gasteiger partial charge in [-0.1, -0.05) is 18.2 Å². The van der Waals surface area contributed by atoms with Crippen LogP contribution in [0.1, 0.15) is 18.1 Å².